The molecule has 0 saturated carbocycles. The summed E-state index contributed by atoms with van der Waals surface area (Å²) in [7, 11) is 0. The number of aromatic nitrogens is 2. The molecule has 5 heteroatoms. The van der Waals surface area contributed by atoms with Crippen molar-refractivity contribution in [3.8, 4) is 0 Å². The average molecular weight is 168 g/mol. The summed E-state index contributed by atoms with van der Waals surface area (Å²) in [6.45, 7) is 1.48. The Labute approximate surface area is 68.6 Å². The molecule has 1 aromatic heterocycles. The minimum Gasteiger partial charge on any atom is -0.480 e. The van der Waals surface area contributed by atoms with Crippen LogP contribution < -0.4 is 0 Å². The lowest BCUT2D eigenvalue weighted by molar-refractivity contribution is -0.140. The number of carboxylic acids is 1. The summed E-state index contributed by atoms with van der Waals surface area (Å²) in [5, 5.41) is 8.61. The Morgan fingerprint density at radius 1 is 1.83 bits per heavy atom. The van der Waals surface area contributed by atoms with E-state index < -0.39 is 12.0 Å². The minimum atomic E-state index is -0.990. The number of aldehydes is 1. The summed E-state index contributed by atoms with van der Waals surface area (Å²) in [4.78, 5) is 24.5. The van der Waals surface area contributed by atoms with Gasteiger partial charge >= 0.3 is 5.97 Å². The van der Waals surface area contributed by atoms with Gasteiger partial charge in [0.15, 0.2) is 6.29 Å². The van der Waals surface area contributed by atoms with Gasteiger partial charge in [0.25, 0.3) is 0 Å². The molecular weight excluding hydrogens is 160 g/mol. The normalized spacial score (nSPS) is 12.4. The standard InChI is InChI=1S/C7H8N2O3/c1-5(7(11)12)9-4-8-2-6(9)3-10/h2-5H,1H3,(H,11,12). The summed E-state index contributed by atoms with van der Waals surface area (Å²) < 4.78 is 1.30. The number of carbonyl (C=O) groups is 2. The quantitative estimate of drug-likeness (QED) is 0.660. The molecule has 0 aliphatic rings. The second-order valence-electron chi connectivity index (χ2n) is 2.36. The highest BCUT2D eigenvalue weighted by Gasteiger charge is 2.15. The number of aliphatic carboxylic acids is 1. The molecule has 0 aromatic carbocycles. The second kappa shape index (κ2) is 3.17. The van der Waals surface area contributed by atoms with Crippen molar-refractivity contribution in [2.45, 2.75) is 13.0 Å². The van der Waals surface area contributed by atoms with Gasteiger partial charge in [-0.25, -0.2) is 9.78 Å². The number of hydrogen-bond acceptors (Lipinski definition) is 3. The van der Waals surface area contributed by atoms with E-state index in [2.05, 4.69) is 4.98 Å². The Morgan fingerprint density at radius 2 is 2.50 bits per heavy atom. The van der Waals surface area contributed by atoms with Crippen molar-refractivity contribution in [1.82, 2.24) is 9.55 Å². The molecule has 1 unspecified atom stereocenters. The maximum Gasteiger partial charge on any atom is 0.326 e. The molecule has 0 saturated heterocycles. The fourth-order valence-corrected chi connectivity index (χ4v) is 0.849. The van der Waals surface area contributed by atoms with E-state index in [1.165, 1.54) is 24.0 Å². The number of carboxylic acid groups (broad SMARTS) is 1. The number of nitrogens with zero attached hydrogens (tertiary/aromatic N) is 2. The third-order valence-electron chi connectivity index (χ3n) is 1.59. The van der Waals surface area contributed by atoms with Gasteiger partial charge in [-0.1, -0.05) is 0 Å². The molecule has 5 nitrogen and oxygen atoms in total. The average Bonchev–Trinajstić information content (AvgIpc) is 2.49. The van der Waals surface area contributed by atoms with Gasteiger partial charge in [0.05, 0.1) is 12.5 Å². The molecule has 0 amide bonds. The highest BCUT2D eigenvalue weighted by molar-refractivity contribution is 5.76. The van der Waals surface area contributed by atoms with E-state index in [4.69, 9.17) is 5.11 Å². The lowest BCUT2D eigenvalue weighted by Gasteiger charge is -2.08. The van der Waals surface area contributed by atoms with Gasteiger partial charge in [0.2, 0.25) is 0 Å². The number of hydrogen-bond donors (Lipinski definition) is 1. The zero-order valence-corrected chi connectivity index (χ0v) is 6.47. The molecule has 0 spiro atoms. The SMILES string of the molecule is CC(C(=O)O)n1cncc1C=O. The van der Waals surface area contributed by atoms with E-state index in [9.17, 15) is 9.59 Å². The number of imidazole rings is 1. The summed E-state index contributed by atoms with van der Waals surface area (Å²) in [6, 6.07) is -0.757. The highest BCUT2D eigenvalue weighted by atomic mass is 16.4. The van der Waals surface area contributed by atoms with Crippen molar-refractivity contribution < 1.29 is 14.7 Å². The van der Waals surface area contributed by atoms with Crippen molar-refractivity contribution in [2.75, 3.05) is 0 Å². The van der Waals surface area contributed by atoms with E-state index in [1.807, 2.05) is 0 Å². The zero-order valence-electron chi connectivity index (χ0n) is 6.47. The molecular formula is C7H8N2O3. The van der Waals surface area contributed by atoms with Crippen molar-refractivity contribution in [3.05, 3.63) is 18.2 Å². The van der Waals surface area contributed by atoms with Crippen LogP contribution in [0, 0.1) is 0 Å². The van der Waals surface area contributed by atoms with Crippen LogP contribution in [0.1, 0.15) is 23.5 Å². The third-order valence-corrected chi connectivity index (χ3v) is 1.59. The molecule has 0 aliphatic heterocycles. The van der Waals surface area contributed by atoms with Gasteiger partial charge in [0.1, 0.15) is 11.7 Å². The van der Waals surface area contributed by atoms with Crippen molar-refractivity contribution in [2.24, 2.45) is 0 Å². The van der Waals surface area contributed by atoms with E-state index in [-0.39, 0.29) is 5.69 Å². The first-order chi connectivity index (χ1) is 5.66. The maximum atomic E-state index is 10.5. The molecule has 0 aliphatic carbocycles. The Kier molecular flexibility index (Phi) is 2.23. The maximum absolute atomic E-state index is 10.5. The van der Waals surface area contributed by atoms with Crippen LogP contribution in [0.4, 0.5) is 0 Å². The molecule has 1 atom stereocenters. The van der Waals surface area contributed by atoms with Crippen LogP contribution in [-0.4, -0.2) is 26.9 Å². The first-order valence-corrected chi connectivity index (χ1v) is 3.36. The van der Waals surface area contributed by atoms with E-state index in [0.717, 1.165) is 0 Å². The van der Waals surface area contributed by atoms with Crippen molar-refractivity contribution >= 4 is 12.3 Å². The monoisotopic (exact) mass is 168 g/mol. The largest absolute Gasteiger partial charge is 0.480 e. The molecule has 64 valence electrons. The first-order valence-electron chi connectivity index (χ1n) is 3.36. The fraction of sp³-hybridized carbons (Fsp3) is 0.286. The molecule has 12 heavy (non-hydrogen) atoms. The predicted octanol–water partition coefficient (Wildman–Crippen LogP) is 0.341. The van der Waals surface area contributed by atoms with E-state index in [1.54, 1.807) is 0 Å². The molecule has 0 fully saturated rings. The summed E-state index contributed by atoms with van der Waals surface area (Å²) >= 11 is 0. The van der Waals surface area contributed by atoms with Gasteiger partial charge in [-0.3, -0.25) is 4.79 Å². The van der Waals surface area contributed by atoms with Crippen LogP contribution in [0.3, 0.4) is 0 Å². The molecule has 0 bridgehead atoms. The van der Waals surface area contributed by atoms with E-state index >= 15 is 0 Å². The lowest BCUT2D eigenvalue weighted by atomic mass is 10.3. The smallest absolute Gasteiger partial charge is 0.326 e. The van der Waals surface area contributed by atoms with Gasteiger partial charge < -0.3 is 9.67 Å². The second-order valence-corrected chi connectivity index (χ2v) is 2.36. The molecule has 1 aromatic rings. The Morgan fingerprint density at radius 3 is 3.00 bits per heavy atom. The number of carbonyl (C=O) groups excluding carboxylic acids is 1. The van der Waals surface area contributed by atoms with Gasteiger partial charge in [-0.15, -0.1) is 0 Å². The van der Waals surface area contributed by atoms with Crippen LogP contribution in [0.15, 0.2) is 12.5 Å². The summed E-state index contributed by atoms with van der Waals surface area (Å²) in [5.74, 6) is -0.990. The number of rotatable bonds is 3. The van der Waals surface area contributed by atoms with Crippen molar-refractivity contribution in [1.29, 1.82) is 0 Å². The topological polar surface area (TPSA) is 72.2 Å². The molecule has 1 rings (SSSR count). The van der Waals surface area contributed by atoms with Crippen molar-refractivity contribution in [3.63, 3.8) is 0 Å². The van der Waals surface area contributed by atoms with Crippen LogP contribution >= 0.6 is 0 Å². The first kappa shape index (κ1) is 8.45. The zero-order chi connectivity index (χ0) is 9.14. The van der Waals surface area contributed by atoms with Gasteiger partial charge in [0, 0.05) is 0 Å². The Bertz CT molecular complexity index is 305. The Balaban J connectivity index is 3.01. The molecule has 1 N–H and O–H groups in total. The van der Waals surface area contributed by atoms with Crippen LogP contribution in [0.5, 0.6) is 0 Å². The summed E-state index contributed by atoms with van der Waals surface area (Å²) in [5.41, 5.74) is 0.268. The molecule has 1 heterocycles. The Hall–Kier alpha value is -1.65. The fourth-order valence-electron chi connectivity index (χ4n) is 0.849. The van der Waals surface area contributed by atoms with Crippen LogP contribution in [-0.2, 0) is 4.79 Å². The lowest BCUT2D eigenvalue weighted by Crippen LogP contribution is -2.16. The van der Waals surface area contributed by atoms with Gasteiger partial charge in [-0.2, -0.15) is 0 Å². The molecule has 0 radical (unpaired) electrons. The van der Waals surface area contributed by atoms with E-state index in [0.29, 0.717) is 6.29 Å². The summed E-state index contributed by atoms with van der Waals surface area (Å²) in [6.07, 6.45) is 3.22. The van der Waals surface area contributed by atoms with Crippen LogP contribution in [0.2, 0.25) is 0 Å². The van der Waals surface area contributed by atoms with Gasteiger partial charge in [-0.05, 0) is 6.92 Å². The highest BCUT2D eigenvalue weighted by Crippen LogP contribution is 2.07. The minimum absolute atomic E-state index is 0.268. The predicted molar refractivity (Wildman–Crippen MR) is 40.0 cm³/mol. The third kappa shape index (κ3) is 1.34. The van der Waals surface area contributed by atoms with Crippen LogP contribution in [0.25, 0.3) is 0 Å².